The Hall–Kier alpha value is -5.69. The first kappa shape index (κ1) is 67.3. The van der Waals surface area contributed by atoms with E-state index in [1.807, 2.05) is 29.0 Å². The van der Waals surface area contributed by atoms with Crippen molar-refractivity contribution in [2.75, 3.05) is 71.7 Å². The summed E-state index contributed by atoms with van der Waals surface area (Å²) in [5.74, 6) is -7.47. The normalized spacial score (nSPS) is 11.8. The lowest BCUT2D eigenvalue weighted by Crippen LogP contribution is -2.40. The summed E-state index contributed by atoms with van der Waals surface area (Å²) in [6, 6.07) is 6.77. The minimum atomic E-state index is -3.95. The number of hydrogen-bond donors (Lipinski definition) is 7. The van der Waals surface area contributed by atoms with Crippen molar-refractivity contribution in [3.05, 3.63) is 35.4 Å². The smallest absolute Gasteiger partial charge is 0.326 e. The Labute approximate surface area is 428 Å². The average molecular weight is 1060 g/mol. The van der Waals surface area contributed by atoms with E-state index in [1.165, 1.54) is 5.56 Å². The highest BCUT2D eigenvalue weighted by Crippen LogP contribution is 2.14. The van der Waals surface area contributed by atoms with Gasteiger partial charge < -0.3 is 55.0 Å². The van der Waals surface area contributed by atoms with Gasteiger partial charge in [-0.3, -0.25) is 43.1 Å². The second-order valence-electron chi connectivity index (χ2n) is 16.9. The molecule has 1 rings (SSSR count). The number of ketones is 3. The zero-order valence-corrected chi connectivity index (χ0v) is 43.4. The van der Waals surface area contributed by atoms with Gasteiger partial charge in [-0.25, -0.2) is 13.2 Å². The summed E-state index contributed by atoms with van der Waals surface area (Å²) in [5, 5.41) is 34.6. The Balaban J connectivity index is 0.00000154. The number of carbonyl (C=O) groups is 10. The standard InChI is InChI=1S/C26H43N3O14S.C23H35NO5/c1-2-5-20(26(38)39)28-22(32)10-9-18(25(36)37)16-19(30)17-43-14-13-42-12-11-27-21(31)7-4-15-44(40,41)29-23(33)6-3-8-24(34)35;1-3-4-8-20-10-12-21(13-11-20)22(26)9-5-14-24-23(27)18-29-17-16-28-15-6-7-19(2)25/h18,20H,2-17H2,1H3,(H,27,31)(H,28,32)(H,29,33)(H,34,35)(H,36,37)(H,38,39);10-13H,3-9,14-18H2,1-2H3,(H,24,27)/t18-,20?;/m1./s1. The third-order valence-electron chi connectivity index (χ3n) is 10.3. The van der Waals surface area contributed by atoms with E-state index in [2.05, 4.69) is 22.9 Å². The minimum absolute atomic E-state index is 0.000479. The van der Waals surface area contributed by atoms with Crippen LogP contribution in [0.4, 0.5) is 0 Å². The van der Waals surface area contributed by atoms with Crippen molar-refractivity contribution in [3.63, 3.8) is 0 Å². The molecular formula is C49H78N4O19S. The molecule has 0 saturated heterocycles. The molecule has 1 unspecified atom stereocenters. The van der Waals surface area contributed by atoms with Crippen molar-refractivity contribution in [1.29, 1.82) is 0 Å². The average Bonchev–Trinajstić information content (AvgIpc) is 3.32. The molecule has 0 aliphatic carbocycles. The van der Waals surface area contributed by atoms with E-state index in [1.54, 1.807) is 13.8 Å². The maximum Gasteiger partial charge on any atom is 0.326 e. The summed E-state index contributed by atoms with van der Waals surface area (Å²) in [6.07, 6.45) is 4.91. The fourth-order valence-corrected chi connectivity index (χ4v) is 7.41. The van der Waals surface area contributed by atoms with Crippen molar-refractivity contribution in [2.45, 2.75) is 136 Å². The highest BCUT2D eigenvalue weighted by atomic mass is 32.2. The molecule has 23 nitrogen and oxygen atoms in total. The maximum absolute atomic E-state index is 12.2. The number of nitrogens with one attached hydrogen (secondary N) is 4. The SMILES string of the molecule is CCCC(NC(=O)CC[C@H](CC(=O)COCCOCCNC(=O)CCCS(=O)(=O)NC(=O)CCCC(=O)O)C(=O)O)C(=O)O.CCCCc1ccc(C(=O)CCCNC(=O)COCCOCCCC(C)=O)cc1. The molecule has 2 atom stereocenters. The second-order valence-corrected chi connectivity index (χ2v) is 18.8. The van der Waals surface area contributed by atoms with Crippen LogP contribution in [0.15, 0.2) is 24.3 Å². The van der Waals surface area contributed by atoms with Crippen LogP contribution in [0.25, 0.3) is 0 Å². The van der Waals surface area contributed by atoms with Gasteiger partial charge in [-0.05, 0) is 63.9 Å². The second kappa shape index (κ2) is 41.7. The van der Waals surface area contributed by atoms with Crippen LogP contribution in [0.5, 0.6) is 0 Å². The minimum Gasteiger partial charge on any atom is -0.481 e. The number of carboxylic acid groups (broad SMARTS) is 3. The number of carboxylic acids is 3. The van der Waals surface area contributed by atoms with Crippen molar-refractivity contribution >= 4 is 68.9 Å². The Morgan fingerprint density at radius 2 is 1.21 bits per heavy atom. The molecular weight excluding hydrogens is 981 g/mol. The van der Waals surface area contributed by atoms with Crippen molar-refractivity contribution < 1.29 is 90.6 Å². The van der Waals surface area contributed by atoms with Crippen LogP contribution in [0.3, 0.4) is 0 Å². The summed E-state index contributed by atoms with van der Waals surface area (Å²) in [5.41, 5.74) is 1.99. The molecule has 0 radical (unpaired) electrons. The Morgan fingerprint density at radius 1 is 0.575 bits per heavy atom. The summed E-state index contributed by atoms with van der Waals surface area (Å²) in [7, 11) is -3.95. The predicted octanol–water partition coefficient (Wildman–Crippen LogP) is 2.94. The molecule has 7 N–H and O–H groups in total. The topological polar surface area (TPSA) is 351 Å². The number of carbonyl (C=O) groups excluding carboxylic acids is 7. The third kappa shape index (κ3) is 39.5. The van der Waals surface area contributed by atoms with E-state index in [4.69, 9.17) is 29.2 Å². The quantitative estimate of drug-likeness (QED) is 0.0365. The number of amides is 4. The number of aliphatic carboxylic acids is 3. The van der Waals surface area contributed by atoms with Gasteiger partial charge in [0.2, 0.25) is 33.7 Å². The number of ether oxygens (including phenoxy) is 4. The molecule has 0 heterocycles. The van der Waals surface area contributed by atoms with Crippen molar-refractivity contribution in [2.24, 2.45) is 5.92 Å². The summed E-state index contributed by atoms with van der Waals surface area (Å²) in [6.45, 7) is 7.07. The lowest BCUT2D eigenvalue weighted by Gasteiger charge is -2.15. The number of benzene rings is 1. The van der Waals surface area contributed by atoms with Crippen LogP contribution in [-0.4, -0.2) is 160 Å². The van der Waals surface area contributed by atoms with Crippen molar-refractivity contribution in [1.82, 2.24) is 20.7 Å². The maximum atomic E-state index is 12.2. The molecule has 0 bridgehead atoms. The number of unbranched alkanes of at least 4 members (excludes halogenated alkanes) is 1. The van der Waals surface area contributed by atoms with Gasteiger partial charge in [-0.2, -0.15) is 0 Å². The van der Waals surface area contributed by atoms with Gasteiger partial charge in [-0.1, -0.05) is 51.0 Å². The first-order valence-electron chi connectivity index (χ1n) is 24.7. The summed E-state index contributed by atoms with van der Waals surface area (Å²) < 4.78 is 46.5. The molecule has 0 saturated carbocycles. The van der Waals surface area contributed by atoms with Gasteiger partial charge in [0, 0.05) is 70.2 Å². The van der Waals surface area contributed by atoms with Crippen molar-refractivity contribution in [3.8, 4) is 0 Å². The molecule has 1 aromatic rings. The highest BCUT2D eigenvalue weighted by molar-refractivity contribution is 7.90. The van der Waals surface area contributed by atoms with Crippen LogP contribution in [-0.2, 0) is 78.5 Å². The molecule has 4 amide bonds. The van der Waals surface area contributed by atoms with Crippen LogP contribution < -0.4 is 20.7 Å². The zero-order valence-electron chi connectivity index (χ0n) is 42.5. The first-order valence-corrected chi connectivity index (χ1v) is 26.3. The van der Waals surface area contributed by atoms with E-state index in [9.17, 15) is 61.5 Å². The largest absolute Gasteiger partial charge is 0.481 e. The van der Waals surface area contributed by atoms with E-state index in [0.717, 1.165) is 24.8 Å². The Bertz CT molecular complexity index is 1960. The Morgan fingerprint density at radius 3 is 1.82 bits per heavy atom. The van der Waals surface area contributed by atoms with Gasteiger partial charge in [-0.15, -0.1) is 0 Å². The summed E-state index contributed by atoms with van der Waals surface area (Å²) >= 11 is 0. The first-order chi connectivity index (χ1) is 34.7. The van der Waals surface area contributed by atoms with Gasteiger partial charge in [0.15, 0.2) is 11.6 Å². The molecule has 73 heavy (non-hydrogen) atoms. The van der Waals surface area contributed by atoms with E-state index in [-0.39, 0.29) is 115 Å². The number of aryl methyl sites for hydroxylation is 1. The van der Waals surface area contributed by atoms with E-state index >= 15 is 0 Å². The third-order valence-corrected chi connectivity index (χ3v) is 11.6. The lowest BCUT2D eigenvalue weighted by atomic mass is 9.97. The summed E-state index contributed by atoms with van der Waals surface area (Å²) in [4.78, 5) is 115. The van der Waals surface area contributed by atoms with Gasteiger partial charge >= 0.3 is 17.9 Å². The molecule has 1 aromatic carbocycles. The molecule has 0 fully saturated rings. The molecule has 24 heteroatoms. The monoisotopic (exact) mass is 1060 g/mol. The zero-order chi connectivity index (χ0) is 54.9. The number of Topliss-reactive ketones (excluding diaryl/α,β-unsaturated/α-hetero) is 3. The van der Waals surface area contributed by atoms with Crippen LogP contribution >= 0.6 is 0 Å². The van der Waals surface area contributed by atoms with Gasteiger partial charge in [0.25, 0.3) is 0 Å². The molecule has 0 aliphatic heterocycles. The fourth-order valence-electron chi connectivity index (χ4n) is 6.34. The number of hydrogen-bond acceptors (Lipinski definition) is 16. The van der Waals surface area contributed by atoms with Crippen LogP contribution in [0.2, 0.25) is 0 Å². The Kier molecular flexibility index (Phi) is 38.5. The number of rotatable bonds is 44. The molecule has 414 valence electrons. The fraction of sp³-hybridized carbons (Fsp3) is 0.673. The van der Waals surface area contributed by atoms with Gasteiger partial charge in [0.05, 0.1) is 44.7 Å². The molecule has 0 aliphatic rings. The van der Waals surface area contributed by atoms with E-state index in [0.29, 0.717) is 58.5 Å². The van der Waals surface area contributed by atoms with E-state index < -0.39 is 69.1 Å². The van der Waals surface area contributed by atoms with Crippen LogP contribution in [0.1, 0.15) is 139 Å². The van der Waals surface area contributed by atoms with Gasteiger partial charge in [0.1, 0.15) is 25.0 Å². The highest BCUT2D eigenvalue weighted by Gasteiger charge is 2.24. The predicted molar refractivity (Wildman–Crippen MR) is 265 cm³/mol. The van der Waals surface area contributed by atoms with Crippen LogP contribution in [0, 0.1) is 5.92 Å². The molecule has 0 aromatic heterocycles. The lowest BCUT2D eigenvalue weighted by molar-refractivity contribution is -0.145. The number of sulfonamides is 1. The molecule has 0 spiro atoms.